The van der Waals surface area contributed by atoms with Gasteiger partial charge in [0.15, 0.2) is 11.6 Å². The Bertz CT molecular complexity index is 1540. The number of rotatable bonds is 7. The summed E-state index contributed by atoms with van der Waals surface area (Å²) in [6.07, 6.45) is -3.74. The molecule has 0 amide bonds. The smallest absolute Gasteiger partial charge is 0.418 e. The van der Waals surface area contributed by atoms with Crippen molar-refractivity contribution in [3.05, 3.63) is 52.7 Å². The molecule has 8 nitrogen and oxygen atoms in total. The molecular formula is C24H23ClF6N4O4S. The second-order valence-corrected chi connectivity index (χ2v) is 11.5. The number of piperidine rings is 1. The van der Waals surface area contributed by atoms with Crippen LogP contribution in [0, 0.1) is 18.6 Å². The van der Waals surface area contributed by atoms with Crippen LogP contribution in [0.25, 0.3) is 10.9 Å². The normalized spacial score (nSPS) is 15.6. The molecule has 3 aromatic rings. The van der Waals surface area contributed by atoms with E-state index in [-0.39, 0.29) is 47.5 Å². The molecule has 2 aromatic carbocycles. The van der Waals surface area contributed by atoms with Gasteiger partial charge in [-0.3, -0.25) is 14.2 Å². The van der Waals surface area contributed by atoms with Crippen LogP contribution in [0.5, 0.6) is 0 Å². The maximum atomic E-state index is 14.2. The number of alkyl halides is 4. The van der Waals surface area contributed by atoms with Gasteiger partial charge in [-0.2, -0.15) is 8.78 Å². The number of anilines is 2. The van der Waals surface area contributed by atoms with E-state index in [0.717, 1.165) is 22.8 Å². The maximum Gasteiger partial charge on any atom is 0.418 e. The summed E-state index contributed by atoms with van der Waals surface area (Å²) in [6, 6.07) is 3.64. The van der Waals surface area contributed by atoms with Gasteiger partial charge in [-0.25, -0.2) is 30.8 Å². The number of nitrogens with zero attached hydrogens (tertiary/aromatic N) is 2. The zero-order chi connectivity index (χ0) is 29.6. The Morgan fingerprint density at radius 1 is 1.18 bits per heavy atom. The van der Waals surface area contributed by atoms with Crippen LogP contribution in [-0.4, -0.2) is 62.1 Å². The topological polar surface area (TPSA) is 107 Å². The highest BCUT2D eigenvalue weighted by molar-refractivity contribution is 7.92. The minimum atomic E-state index is -4.54. The molecule has 1 aliphatic heterocycles. The summed E-state index contributed by atoms with van der Waals surface area (Å²) >= 11 is 5.57. The average Bonchev–Trinajstić information content (AvgIpc) is 3.19. The van der Waals surface area contributed by atoms with E-state index in [2.05, 4.69) is 0 Å². The van der Waals surface area contributed by atoms with Crippen molar-refractivity contribution in [2.24, 2.45) is 0 Å². The molecule has 1 saturated heterocycles. The number of nitrogen functional groups attached to an aromatic ring is 1. The number of nitrogens with two attached hydrogens (primary N) is 1. The Morgan fingerprint density at radius 3 is 2.35 bits per heavy atom. The molecule has 0 saturated carbocycles. The third-order valence-corrected chi connectivity index (χ3v) is 7.95. The van der Waals surface area contributed by atoms with Crippen LogP contribution in [0.2, 0.25) is 5.02 Å². The van der Waals surface area contributed by atoms with Gasteiger partial charge in [0.05, 0.1) is 22.6 Å². The molecule has 3 N–H and O–H groups in total. The summed E-state index contributed by atoms with van der Waals surface area (Å²) in [5.74, 6) is -6.62. The van der Waals surface area contributed by atoms with E-state index in [4.69, 9.17) is 22.1 Å². The summed E-state index contributed by atoms with van der Waals surface area (Å²) in [5, 5.41) is -0.0373. The predicted octanol–water partition coefficient (Wildman–Crippen LogP) is 5.61. The molecule has 40 heavy (non-hydrogen) atoms. The van der Waals surface area contributed by atoms with Crippen LogP contribution in [0.4, 0.5) is 42.5 Å². The number of ether oxygens (including phenoxy) is 1. The highest BCUT2D eigenvalue weighted by Crippen LogP contribution is 2.33. The van der Waals surface area contributed by atoms with E-state index < -0.39 is 63.3 Å². The fourth-order valence-electron chi connectivity index (χ4n) is 4.41. The first-order valence-electron chi connectivity index (χ1n) is 11.8. The third kappa shape index (κ3) is 6.10. The Labute approximate surface area is 229 Å². The standard InChI is InChI=1S/C24H23ClF6N4O4S/c1-12-10-35(23(36)39-14-2-4-34(5-3-14)11-24(30,31)22(28)29)21-16(12)8-15(9-19(21)32)40(37,38)33-20-17(26)6-13(25)7-18(20)27/h6-10,14,22,33H,2-5,11,32H2,1H3. The predicted molar refractivity (Wildman–Crippen MR) is 136 cm³/mol. The van der Waals surface area contributed by atoms with E-state index in [1.54, 1.807) is 6.92 Å². The Kier molecular flexibility index (Phi) is 8.20. The maximum absolute atomic E-state index is 14.2. The van der Waals surface area contributed by atoms with Gasteiger partial charge in [0.2, 0.25) is 0 Å². The zero-order valence-corrected chi connectivity index (χ0v) is 22.3. The fourth-order valence-corrected chi connectivity index (χ4v) is 5.74. The SMILES string of the molecule is Cc1cn(C(=O)OC2CCN(CC(F)(F)C(F)F)CC2)c2c(N)cc(S(=O)(=O)Nc3c(F)cc(Cl)cc3F)cc12. The molecule has 1 aromatic heterocycles. The van der Waals surface area contributed by atoms with Crippen LogP contribution in [0.3, 0.4) is 0 Å². The summed E-state index contributed by atoms with van der Waals surface area (Å²) in [6.45, 7) is 0.476. The first kappa shape index (κ1) is 29.8. The van der Waals surface area contributed by atoms with Gasteiger partial charge in [-0.05, 0) is 49.6 Å². The number of aryl methyl sites for hydroxylation is 1. The molecule has 218 valence electrons. The van der Waals surface area contributed by atoms with Crippen LogP contribution in [-0.2, 0) is 14.8 Å². The van der Waals surface area contributed by atoms with E-state index in [1.807, 2.05) is 4.72 Å². The van der Waals surface area contributed by atoms with Crippen molar-refractivity contribution in [2.75, 3.05) is 30.1 Å². The van der Waals surface area contributed by atoms with Crippen LogP contribution in [0.15, 0.2) is 35.4 Å². The largest absolute Gasteiger partial charge is 0.446 e. The molecule has 1 aliphatic rings. The van der Waals surface area contributed by atoms with Gasteiger partial charge in [0.1, 0.15) is 11.8 Å². The Balaban J connectivity index is 1.52. The number of carbonyl (C=O) groups is 1. The van der Waals surface area contributed by atoms with Crippen molar-refractivity contribution >= 4 is 50.0 Å². The van der Waals surface area contributed by atoms with Gasteiger partial charge in [0.25, 0.3) is 10.0 Å². The van der Waals surface area contributed by atoms with E-state index in [1.165, 1.54) is 17.2 Å². The molecule has 0 aliphatic carbocycles. The summed E-state index contributed by atoms with van der Waals surface area (Å²) in [7, 11) is -4.54. The van der Waals surface area contributed by atoms with Gasteiger partial charge in [0, 0.05) is 29.7 Å². The molecule has 0 bridgehead atoms. The number of carbonyl (C=O) groups excluding carboxylic acids is 1. The highest BCUT2D eigenvalue weighted by atomic mass is 35.5. The first-order chi connectivity index (χ1) is 18.6. The number of benzene rings is 2. The van der Waals surface area contributed by atoms with Crippen molar-refractivity contribution < 1.29 is 44.3 Å². The molecule has 0 atom stereocenters. The summed E-state index contributed by atoms with van der Waals surface area (Å²) < 4.78 is 114. The van der Waals surface area contributed by atoms with Crippen molar-refractivity contribution in [1.82, 2.24) is 9.47 Å². The summed E-state index contributed by atoms with van der Waals surface area (Å²) in [5.41, 5.74) is 5.52. The lowest BCUT2D eigenvalue weighted by Gasteiger charge is -2.33. The molecule has 16 heteroatoms. The van der Waals surface area contributed by atoms with Crippen LogP contribution < -0.4 is 10.5 Å². The number of hydrogen-bond acceptors (Lipinski definition) is 6. The first-order valence-corrected chi connectivity index (χ1v) is 13.6. The number of sulfonamides is 1. The minimum absolute atomic E-state index is 0.0108. The van der Waals surface area contributed by atoms with Gasteiger partial charge < -0.3 is 10.5 Å². The molecule has 1 fully saturated rings. The zero-order valence-electron chi connectivity index (χ0n) is 20.7. The van der Waals surface area contributed by atoms with Crippen molar-refractivity contribution in [3.63, 3.8) is 0 Å². The van der Waals surface area contributed by atoms with Crippen molar-refractivity contribution in [1.29, 1.82) is 0 Å². The lowest BCUT2D eigenvalue weighted by atomic mass is 10.1. The quantitative estimate of drug-likeness (QED) is 0.265. The molecule has 2 heterocycles. The number of hydrogen-bond donors (Lipinski definition) is 2. The number of likely N-dealkylation sites (tertiary alicyclic amines) is 1. The average molecular weight is 613 g/mol. The highest BCUT2D eigenvalue weighted by Gasteiger charge is 2.43. The molecule has 0 radical (unpaired) electrons. The lowest BCUT2D eigenvalue weighted by Crippen LogP contribution is -2.46. The molecule has 0 spiro atoms. The molecule has 4 rings (SSSR count). The Hall–Kier alpha value is -3.17. The number of aromatic nitrogens is 1. The third-order valence-electron chi connectivity index (χ3n) is 6.41. The molecule has 0 unspecified atom stereocenters. The van der Waals surface area contributed by atoms with Crippen LogP contribution >= 0.6 is 11.6 Å². The van der Waals surface area contributed by atoms with E-state index in [9.17, 15) is 39.6 Å². The monoisotopic (exact) mass is 612 g/mol. The second-order valence-electron chi connectivity index (χ2n) is 9.36. The number of nitrogens with one attached hydrogen (secondary N) is 1. The number of fused-ring (bicyclic) bond motifs is 1. The lowest BCUT2D eigenvalue weighted by molar-refractivity contribution is -0.145. The molecular weight excluding hydrogens is 590 g/mol. The van der Waals surface area contributed by atoms with Crippen LogP contribution in [0.1, 0.15) is 18.4 Å². The van der Waals surface area contributed by atoms with Gasteiger partial charge >= 0.3 is 18.4 Å². The Morgan fingerprint density at radius 2 is 1.77 bits per heavy atom. The number of halogens is 7. The summed E-state index contributed by atoms with van der Waals surface area (Å²) in [4.78, 5) is 13.7. The minimum Gasteiger partial charge on any atom is -0.446 e. The van der Waals surface area contributed by atoms with Crippen molar-refractivity contribution in [2.45, 2.75) is 43.1 Å². The van der Waals surface area contributed by atoms with E-state index >= 15 is 0 Å². The van der Waals surface area contributed by atoms with Gasteiger partial charge in [-0.1, -0.05) is 11.6 Å². The van der Waals surface area contributed by atoms with Crippen molar-refractivity contribution in [3.8, 4) is 0 Å². The second kappa shape index (κ2) is 11.0. The fraction of sp³-hybridized carbons (Fsp3) is 0.375. The van der Waals surface area contributed by atoms with Gasteiger partial charge in [-0.15, -0.1) is 0 Å². The van der Waals surface area contributed by atoms with E-state index in [0.29, 0.717) is 5.56 Å².